The first-order valence-corrected chi connectivity index (χ1v) is 9.62. The van der Waals surface area contributed by atoms with Crippen LogP contribution in [0.1, 0.15) is 22.8 Å². The average molecular weight is 424 g/mol. The van der Waals surface area contributed by atoms with Crippen molar-refractivity contribution in [2.45, 2.75) is 18.4 Å². The van der Waals surface area contributed by atoms with Gasteiger partial charge in [-0.3, -0.25) is 4.79 Å². The highest BCUT2D eigenvalue weighted by Crippen LogP contribution is 2.28. The Balaban J connectivity index is 0.00000280. The number of hydrogen-bond donors (Lipinski definition) is 1. The highest BCUT2D eigenvalue weighted by atomic mass is 35.5. The summed E-state index contributed by atoms with van der Waals surface area (Å²) in [5.74, 6) is -1.01. The molecule has 2 heterocycles. The summed E-state index contributed by atoms with van der Waals surface area (Å²) in [4.78, 5) is 15.2. The molecule has 0 aliphatic carbocycles. The van der Waals surface area contributed by atoms with E-state index in [-0.39, 0.29) is 39.9 Å². The first kappa shape index (κ1) is 21.7. The van der Waals surface area contributed by atoms with E-state index < -0.39 is 16.0 Å². The maximum Gasteiger partial charge on any atom is 0.268 e. The second kappa shape index (κ2) is 8.64. The number of nitrogens with one attached hydrogen (secondary N) is 1. The van der Waals surface area contributed by atoms with Crippen LogP contribution in [0, 0.1) is 5.95 Å². The second-order valence-corrected chi connectivity index (χ2v) is 7.81. The number of benzene rings is 1. The van der Waals surface area contributed by atoms with Gasteiger partial charge >= 0.3 is 0 Å². The number of ketones is 1. The number of carbonyl (C=O) groups excluding carboxylic acids is 1. The van der Waals surface area contributed by atoms with Crippen molar-refractivity contribution in [2.24, 2.45) is 0 Å². The van der Waals surface area contributed by atoms with Gasteiger partial charge < -0.3 is 5.32 Å². The maximum absolute atomic E-state index is 14.2. The van der Waals surface area contributed by atoms with Crippen LogP contribution in [-0.4, -0.2) is 30.2 Å². The molecule has 0 bridgehead atoms. The van der Waals surface area contributed by atoms with E-state index in [0.717, 1.165) is 3.97 Å². The Labute approximate surface area is 168 Å². The molecule has 0 saturated heterocycles. The van der Waals surface area contributed by atoms with Gasteiger partial charge in [0, 0.05) is 24.5 Å². The van der Waals surface area contributed by atoms with Crippen molar-refractivity contribution in [2.75, 3.05) is 7.05 Å². The van der Waals surface area contributed by atoms with E-state index in [1.54, 1.807) is 19.2 Å². The van der Waals surface area contributed by atoms with Crippen LogP contribution >= 0.6 is 12.4 Å². The number of pyridine rings is 1. The molecule has 0 spiro atoms. The smallest absolute Gasteiger partial charge is 0.268 e. The predicted molar refractivity (Wildman–Crippen MR) is 107 cm³/mol. The summed E-state index contributed by atoms with van der Waals surface area (Å²) in [7, 11) is -2.32. The third kappa shape index (κ3) is 4.14. The molecule has 1 aromatic carbocycles. The molecular formula is C19H19ClFN3O3S. The molecule has 0 saturated carbocycles. The van der Waals surface area contributed by atoms with Gasteiger partial charge in [-0.15, -0.1) is 12.4 Å². The molecule has 0 fully saturated rings. The van der Waals surface area contributed by atoms with Crippen LogP contribution in [-0.2, 0) is 16.6 Å². The van der Waals surface area contributed by atoms with Crippen LogP contribution in [0.4, 0.5) is 4.39 Å². The Hall–Kier alpha value is -2.55. The SMILES string of the molecule is CNCc1cc(-c2cccnc2F)n(S(=O)(=O)c2cccc(C(C)=O)c2)c1.Cl. The minimum Gasteiger partial charge on any atom is -0.316 e. The summed E-state index contributed by atoms with van der Waals surface area (Å²) < 4.78 is 41.7. The standard InChI is InChI=1S/C19H18FN3O3S.ClH/c1-13(24)15-5-3-6-16(10-15)27(25,26)23-12-14(11-21-2)9-18(23)17-7-4-8-22-19(17)20;/h3-10,12,21H,11H2,1-2H3;1H. The highest BCUT2D eigenvalue weighted by molar-refractivity contribution is 7.90. The number of halogens is 2. The first-order valence-electron chi connectivity index (χ1n) is 8.18. The molecule has 6 nitrogen and oxygen atoms in total. The zero-order valence-electron chi connectivity index (χ0n) is 15.2. The summed E-state index contributed by atoms with van der Waals surface area (Å²) in [6, 6.07) is 10.4. The van der Waals surface area contributed by atoms with E-state index in [2.05, 4.69) is 10.3 Å². The topological polar surface area (TPSA) is 81.1 Å². The Kier molecular flexibility index (Phi) is 6.71. The number of rotatable bonds is 6. The third-order valence-corrected chi connectivity index (χ3v) is 5.73. The highest BCUT2D eigenvalue weighted by Gasteiger charge is 2.24. The zero-order valence-corrected chi connectivity index (χ0v) is 16.8. The Morgan fingerprint density at radius 2 is 1.96 bits per heavy atom. The number of carbonyl (C=O) groups is 1. The van der Waals surface area contributed by atoms with Crippen LogP contribution in [0.2, 0.25) is 0 Å². The van der Waals surface area contributed by atoms with Crippen molar-refractivity contribution < 1.29 is 17.6 Å². The molecule has 9 heteroatoms. The lowest BCUT2D eigenvalue weighted by Gasteiger charge is -2.11. The molecule has 0 radical (unpaired) electrons. The van der Waals surface area contributed by atoms with Crippen molar-refractivity contribution in [1.82, 2.24) is 14.3 Å². The Morgan fingerprint density at radius 3 is 2.61 bits per heavy atom. The van der Waals surface area contributed by atoms with E-state index in [9.17, 15) is 17.6 Å². The number of hydrogen-bond acceptors (Lipinski definition) is 5. The van der Waals surface area contributed by atoms with Gasteiger partial charge in [0.1, 0.15) is 0 Å². The monoisotopic (exact) mass is 423 g/mol. The van der Waals surface area contributed by atoms with Crippen molar-refractivity contribution in [3.63, 3.8) is 0 Å². The molecule has 1 N–H and O–H groups in total. The Morgan fingerprint density at radius 1 is 1.21 bits per heavy atom. The van der Waals surface area contributed by atoms with Crippen LogP contribution < -0.4 is 5.32 Å². The van der Waals surface area contributed by atoms with Gasteiger partial charge in [0.25, 0.3) is 10.0 Å². The fraction of sp³-hybridized carbons (Fsp3) is 0.158. The summed E-state index contributed by atoms with van der Waals surface area (Å²) >= 11 is 0. The summed E-state index contributed by atoms with van der Waals surface area (Å²) in [6.07, 6.45) is 2.74. The predicted octanol–water partition coefficient (Wildman–Crippen LogP) is 3.27. The van der Waals surface area contributed by atoms with E-state index in [1.807, 2.05) is 0 Å². The fourth-order valence-electron chi connectivity index (χ4n) is 2.76. The molecule has 3 rings (SSSR count). The maximum atomic E-state index is 14.2. The minimum atomic E-state index is -4.05. The Bertz CT molecular complexity index is 1110. The van der Waals surface area contributed by atoms with Crippen LogP contribution in [0.25, 0.3) is 11.3 Å². The van der Waals surface area contributed by atoms with Crippen LogP contribution in [0.5, 0.6) is 0 Å². The van der Waals surface area contributed by atoms with Gasteiger partial charge in [-0.05, 0) is 49.9 Å². The van der Waals surface area contributed by atoms with E-state index in [1.165, 1.54) is 49.6 Å². The minimum absolute atomic E-state index is 0. The van der Waals surface area contributed by atoms with Gasteiger partial charge in [0.05, 0.1) is 16.2 Å². The largest absolute Gasteiger partial charge is 0.316 e. The van der Waals surface area contributed by atoms with E-state index in [0.29, 0.717) is 12.1 Å². The van der Waals surface area contributed by atoms with Crippen LogP contribution in [0.15, 0.2) is 59.8 Å². The van der Waals surface area contributed by atoms with Gasteiger partial charge in [-0.25, -0.2) is 17.4 Å². The number of aromatic nitrogens is 2. The van der Waals surface area contributed by atoms with Gasteiger partial charge in [0.15, 0.2) is 5.78 Å². The van der Waals surface area contributed by atoms with Crippen molar-refractivity contribution in [1.29, 1.82) is 0 Å². The van der Waals surface area contributed by atoms with Crippen molar-refractivity contribution in [3.05, 3.63) is 71.9 Å². The normalized spacial score (nSPS) is 11.1. The molecule has 3 aromatic rings. The molecule has 0 aliphatic heterocycles. The van der Waals surface area contributed by atoms with E-state index in [4.69, 9.17) is 0 Å². The fourth-order valence-corrected chi connectivity index (χ4v) is 4.20. The molecule has 28 heavy (non-hydrogen) atoms. The lowest BCUT2D eigenvalue weighted by Crippen LogP contribution is -2.14. The summed E-state index contributed by atoms with van der Waals surface area (Å²) in [5.41, 5.74) is 1.19. The molecule has 0 aliphatic rings. The molecule has 0 unspecified atom stereocenters. The van der Waals surface area contributed by atoms with E-state index >= 15 is 0 Å². The third-order valence-electron chi connectivity index (χ3n) is 4.06. The van der Waals surface area contributed by atoms with Crippen molar-refractivity contribution >= 4 is 28.2 Å². The quantitative estimate of drug-likeness (QED) is 0.486. The summed E-state index contributed by atoms with van der Waals surface area (Å²) in [5, 5.41) is 2.94. The number of nitrogens with zero attached hydrogens (tertiary/aromatic N) is 2. The summed E-state index contributed by atoms with van der Waals surface area (Å²) in [6.45, 7) is 1.77. The van der Waals surface area contributed by atoms with Crippen LogP contribution in [0.3, 0.4) is 0 Å². The zero-order chi connectivity index (χ0) is 19.6. The molecule has 0 amide bonds. The van der Waals surface area contributed by atoms with Crippen molar-refractivity contribution in [3.8, 4) is 11.3 Å². The average Bonchev–Trinajstić information content (AvgIpc) is 3.07. The first-order chi connectivity index (χ1) is 12.8. The molecule has 2 aromatic heterocycles. The molecule has 0 atom stereocenters. The molecule has 148 valence electrons. The lowest BCUT2D eigenvalue weighted by atomic mass is 10.2. The molecular weight excluding hydrogens is 405 g/mol. The second-order valence-electron chi connectivity index (χ2n) is 5.99. The van der Waals surface area contributed by atoms with Gasteiger partial charge in [-0.2, -0.15) is 4.39 Å². The van der Waals surface area contributed by atoms with Gasteiger partial charge in [-0.1, -0.05) is 12.1 Å². The lowest BCUT2D eigenvalue weighted by molar-refractivity contribution is 0.101. The number of Topliss-reactive ketones (excluding diaryl/α,β-unsaturated/α-hetero) is 1. The van der Waals surface area contributed by atoms with Gasteiger partial charge in [0.2, 0.25) is 5.95 Å².